The Balaban J connectivity index is 1.34. The van der Waals surface area contributed by atoms with Crippen molar-refractivity contribution in [3.8, 4) is 16.9 Å². The number of aromatic nitrogens is 5. The Hall–Kier alpha value is -4.05. The normalized spacial score (nSPS) is 12.6. The summed E-state index contributed by atoms with van der Waals surface area (Å²) in [7, 11) is 5.75. The van der Waals surface area contributed by atoms with Crippen LogP contribution < -0.4 is 10.1 Å². The minimum absolute atomic E-state index is 0.110. The van der Waals surface area contributed by atoms with Crippen LogP contribution in [-0.4, -0.2) is 81.1 Å². The van der Waals surface area contributed by atoms with E-state index < -0.39 is 0 Å². The van der Waals surface area contributed by atoms with E-state index in [-0.39, 0.29) is 5.91 Å². The first-order chi connectivity index (χ1) is 17.0. The highest BCUT2D eigenvalue weighted by molar-refractivity contribution is 5.92. The van der Waals surface area contributed by atoms with Crippen molar-refractivity contribution < 1.29 is 9.53 Å². The number of amides is 1. The van der Waals surface area contributed by atoms with Crippen molar-refractivity contribution in [1.29, 1.82) is 0 Å². The average Bonchev–Trinajstić information content (AvgIpc) is 3.56. The molecule has 3 aromatic heterocycles. The van der Waals surface area contributed by atoms with Crippen LogP contribution in [0.1, 0.15) is 21.6 Å². The molecular weight excluding hydrogens is 444 g/mol. The van der Waals surface area contributed by atoms with Crippen LogP contribution in [-0.2, 0) is 13.0 Å². The molecule has 0 radical (unpaired) electrons. The van der Waals surface area contributed by atoms with Crippen LogP contribution in [0.25, 0.3) is 16.8 Å². The van der Waals surface area contributed by atoms with Crippen molar-refractivity contribution in [2.24, 2.45) is 0 Å². The fraction of sp³-hybridized carbons (Fsp3) is 0.320. The molecule has 1 aliphatic rings. The van der Waals surface area contributed by atoms with E-state index in [0.717, 1.165) is 36.4 Å². The van der Waals surface area contributed by atoms with Crippen molar-refractivity contribution in [2.75, 3.05) is 46.2 Å². The van der Waals surface area contributed by atoms with Crippen molar-refractivity contribution in [3.63, 3.8) is 0 Å². The van der Waals surface area contributed by atoms with Gasteiger partial charge in [-0.1, -0.05) is 18.2 Å². The first kappa shape index (κ1) is 22.7. The molecule has 180 valence electrons. The zero-order valence-corrected chi connectivity index (χ0v) is 20.1. The molecule has 1 N–H and O–H groups in total. The number of benzene rings is 1. The number of rotatable bonds is 8. The Bertz CT molecular complexity index is 1350. The number of pyridine rings is 1. The number of fused-ring (bicyclic) bond motifs is 2. The Kier molecular flexibility index (Phi) is 6.28. The SMILES string of the molecule is CN(C)CCN(C)C(=O)c1ccc(-c2cnc(NCc3cccc4c3CCO4)n3cnnc23)cn1. The summed E-state index contributed by atoms with van der Waals surface area (Å²) in [4.78, 5) is 25.4. The fourth-order valence-electron chi connectivity index (χ4n) is 4.11. The number of hydrogen-bond donors (Lipinski definition) is 1. The van der Waals surface area contributed by atoms with Crippen molar-refractivity contribution in [1.82, 2.24) is 34.4 Å². The highest BCUT2D eigenvalue weighted by Crippen LogP contribution is 2.29. The second kappa shape index (κ2) is 9.67. The molecule has 0 bridgehead atoms. The third-order valence-corrected chi connectivity index (χ3v) is 6.13. The topological polar surface area (TPSA) is 101 Å². The van der Waals surface area contributed by atoms with E-state index in [1.807, 2.05) is 41.6 Å². The third kappa shape index (κ3) is 4.65. The van der Waals surface area contributed by atoms with E-state index in [2.05, 4.69) is 31.5 Å². The molecule has 0 fully saturated rings. The predicted octanol–water partition coefficient (Wildman–Crippen LogP) is 2.37. The van der Waals surface area contributed by atoms with Gasteiger partial charge in [-0.15, -0.1) is 10.2 Å². The molecule has 1 aliphatic heterocycles. The van der Waals surface area contributed by atoms with E-state index in [9.17, 15) is 4.79 Å². The summed E-state index contributed by atoms with van der Waals surface area (Å²) in [6.45, 7) is 2.76. The number of carbonyl (C=O) groups is 1. The Labute approximate surface area is 203 Å². The molecule has 0 aliphatic carbocycles. The summed E-state index contributed by atoms with van der Waals surface area (Å²) in [5, 5.41) is 11.8. The molecule has 5 rings (SSSR count). The van der Waals surface area contributed by atoms with Gasteiger partial charge in [-0.05, 0) is 31.8 Å². The molecule has 0 spiro atoms. The molecule has 0 saturated carbocycles. The molecule has 0 atom stereocenters. The molecule has 0 unspecified atom stereocenters. The van der Waals surface area contributed by atoms with Crippen LogP contribution in [0.3, 0.4) is 0 Å². The van der Waals surface area contributed by atoms with Gasteiger partial charge in [0.25, 0.3) is 5.91 Å². The summed E-state index contributed by atoms with van der Waals surface area (Å²) >= 11 is 0. The Morgan fingerprint density at radius 1 is 1.11 bits per heavy atom. The predicted molar refractivity (Wildman–Crippen MR) is 132 cm³/mol. The maximum Gasteiger partial charge on any atom is 0.272 e. The molecule has 10 nitrogen and oxygen atoms in total. The minimum atomic E-state index is -0.110. The van der Waals surface area contributed by atoms with Gasteiger partial charge in [-0.25, -0.2) is 4.98 Å². The molecule has 1 amide bonds. The number of nitrogens with one attached hydrogen (secondary N) is 1. The van der Waals surface area contributed by atoms with Crippen LogP contribution in [0.15, 0.2) is 49.1 Å². The number of nitrogens with zero attached hydrogens (tertiary/aromatic N) is 7. The number of anilines is 1. The lowest BCUT2D eigenvalue weighted by atomic mass is 10.1. The zero-order chi connectivity index (χ0) is 24.4. The second-order valence-corrected chi connectivity index (χ2v) is 8.83. The molecule has 35 heavy (non-hydrogen) atoms. The highest BCUT2D eigenvalue weighted by atomic mass is 16.5. The lowest BCUT2D eigenvalue weighted by Crippen LogP contribution is -2.33. The molecule has 0 saturated heterocycles. The lowest BCUT2D eigenvalue weighted by molar-refractivity contribution is 0.0780. The summed E-state index contributed by atoms with van der Waals surface area (Å²) < 4.78 is 7.49. The quantitative estimate of drug-likeness (QED) is 0.417. The largest absolute Gasteiger partial charge is 0.493 e. The zero-order valence-electron chi connectivity index (χ0n) is 20.1. The monoisotopic (exact) mass is 472 g/mol. The van der Waals surface area contributed by atoms with E-state index in [0.29, 0.717) is 30.4 Å². The smallest absolute Gasteiger partial charge is 0.272 e. The van der Waals surface area contributed by atoms with Crippen LogP contribution in [0.2, 0.25) is 0 Å². The molecule has 1 aromatic carbocycles. The fourth-order valence-corrected chi connectivity index (χ4v) is 4.11. The van der Waals surface area contributed by atoms with Crippen LogP contribution >= 0.6 is 0 Å². The van der Waals surface area contributed by atoms with Crippen LogP contribution in [0, 0.1) is 0 Å². The summed E-state index contributed by atoms with van der Waals surface area (Å²) in [5.41, 5.74) is 5.09. The summed E-state index contributed by atoms with van der Waals surface area (Å²) in [5.74, 6) is 1.49. The Morgan fingerprint density at radius 3 is 2.80 bits per heavy atom. The van der Waals surface area contributed by atoms with Crippen molar-refractivity contribution in [3.05, 3.63) is 65.9 Å². The van der Waals surface area contributed by atoms with Gasteiger partial charge in [0, 0.05) is 62.2 Å². The van der Waals surface area contributed by atoms with Crippen molar-refractivity contribution >= 4 is 17.5 Å². The van der Waals surface area contributed by atoms with Gasteiger partial charge < -0.3 is 19.9 Å². The number of likely N-dealkylation sites (N-methyl/N-ethyl adjacent to an activating group) is 2. The van der Waals surface area contributed by atoms with Gasteiger partial charge in [-0.2, -0.15) is 0 Å². The average molecular weight is 473 g/mol. The first-order valence-electron chi connectivity index (χ1n) is 11.5. The van der Waals surface area contributed by atoms with Crippen molar-refractivity contribution in [2.45, 2.75) is 13.0 Å². The summed E-state index contributed by atoms with van der Waals surface area (Å²) in [6, 6.07) is 9.72. The van der Waals surface area contributed by atoms with Gasteiger partial charge in [0.05, 0.1) is 6.61 Å². The van der Waals surface area contributed by atoms with E-state index in [1.54, 1.807) is 36.7 Å². The second-order valence-electron chi connectivity index (χ2n) is 8.83. The van der Waals surface area contributed by atoms with E-state index >= 15 is 0 Å². The number of hydrogen-bond acceptors (Lipinski definition) is 8. The maximum atomic E-state index is 12.7. The number of ether oxygens (including phenoxy) is 1. The Morgan fingerprint density at radius 2 is 2.00 bits per heavy atom. The van der Waals surface area contributed by atoms with Crippen LogP contribution in [0.5, 0.6) is 5.75 Å². The summed E-state index contributed by atoms with van der Waals surface area (Å²) in [6.07, 6.45) is 5.99. The van der Waals surface area contributed by atoms with E-state index in [1.165, 1.54) is 11.1 Å². The molecule has 4 aromatic rings. The van der Waals surface area contributed by atoms with E-state index in [4.69, 9.17) is 4.74 Å². The van der Waals surface area contributed by atoms with Gasteiger partial charge in [0.15, 0.2) is 5.65 Å². The lowest BCUT2D eigenvalue weighted by Gasteiger charge is -2.19. The molecule has 10 heteroatoms. The molecule has 4 heterocycles. The van der Waals surface area contributed by atoms with Gasteiger partial charge >= 0.3 is 0 Å². The minimum Gasteiger partial charge on any atom is -0.493 e. The first-order valence-corrected chi connectivity index (χ1v) is 11.5. The van der Waals surface area contributed by atoms with Gasteiger partial charge in [0.1, 0.15) is 17.8 Å². The maximum absolute atomic E-state index is 12.7. The third-order valence-electron chi connectivity index (χ3n) is 6.13. The van der Waals surface area contributed by atoms with Crippen LogP contribution in [0.4, 0.5) is 5.95 Å². The molecular formula is C25H28N8O2. The van der Waals surface area contributed by atoms with Gasteiger partial charge in [-0.3, -0.25) is 14.2 Å². The van der Waals surface area contributed by atoms with Gasteiger partial charge in [0.2, 0.25) is 5.95 Å². The standard InChI is InChI=1S/C25H28N8O2/c1-31(2)10-11-32(3)24(34)21-8-7-18(13-26-21)20-15-28-25(33-16-29-30-23(20)33)27-14-17-5-4-6-22-19(17)9-12-35-22/h4-8,13,15-16H,9-12,14H2,1-3H3,(H,27,28). The number of carbonyl (C=O) groups excluding carboxylic acids is 1. The highest BCUT2D eigenvalue weighted by Gasteiger charge is 2.18.